The first kappa shape index (κ1) is 9.83. The zero-order chi connectivity index (χ0) is 8.04. The van der Waals surface area contributed by atoms with Crippen molar-refractivity contribution in [3.8, 4) is 0 Å². The molecule has 0 fully saturated rings. The predicted molar refractivity (Wildman–Crippen MR) is 51.0 cm³/mol. The summed E-state index contributed by atoms with van der Waals surface area (Å²) in [6, 6.07) is 0. The van der Waals surface area contributed by atoms with E-state index >= 15 is 0 Å². The summed E-state index contributed by atoms with van der Waals surface area (Å²) in [5.41, 5.74) is 0.297. The van der Waals surface area contributed by atoms with Gasteiger partial charge in [-0.15, -0.1) is 11.8 Å². The van der Waals surface area contributed by atoms with Gasteiger partial charge in [0.25, 0.3) is 0 Å². The van der Waals surface area contributed by atoms with Crippen LogP contribution in [0.2, 0.25) is 0 Å². The van der Waals surface area contributed by atoms with Crippen molar-refractivity contribution in [2.75, 3.05) is 0 Å². The van der Waals surface area contributed by atoms with E-state index in [-0.39, 0.29) is 0 Å². The van der Waals surface area contributed by atoms with Crippen molar-refractivity contribution in [3.63, 3.8) is 0 Å². The summed E-state index contributed by atoms with van der Waals surface area (Å²) in [6.07, 6.45) is 4.41. The topological polar surface area (TPSA) is 0 Å². The minimum Gasteiger partial charge on any atom is -0.107 e. The minimum absolute atomic E-state index is 0.297. The Morgan fingerprint density at radius 2 is 1.40 bits per heavy atom. The van der Waals surface area contributed by atoms with Crippen LogP contribution in [0.25, 0.3) is 0 Å². The zero-order valence-electron chi connectivity index (χ0n) is 7.22. The Morgan fingerprint density at radius 3 is 1.60 bits per heavy atom. The Kier molecular flexibility index (Phi) is 4.54. The van der Waals surface area contributed by atoms with Crippen LogP contribution in [-0.4, -0.2) is 0 Å². The number of allylic oxidation sites excluding steroid dienone is 2. The molecule has 0 spiro atoms. The summed E-state index contributed by atoms with van der Waals surface area (Å²) in [5.74, 6) is 0. The molecule has 1 aliphatic heterocycles. The van der Waals surface area contributed by atoms with Crippen molar-refractivity contribution in [1.82, 2.24) is 0 Å². The summed E-state index contributed by atoms with van der Waals surface area (Å²) in [7, 11) is 0. The van der Waals surface area contributed by atoms with Gasteiger partial charge in [-0.1, -0.05) is 39.8 Å². The summed E-state index contributed by atoms with van der Waals surface area (Å²) < 4.78 is 0. The molecule has 0 saturated carbocycles. The van der Waals surface area contributed by atoms with E-state index in [4.69, 9.17) is 0 Å². The van der Waals surface area contributed by atoms with Crippen molar-refractivity contribution in [2.24, 2.45) is 5.41 Å². The average Bonchev–Trinajstić information content (AvgIpc) is 1.92. The van der Waals surface area contributed by atoms with Gasteiger partial charge < -0.3 is 0 Å². The molecule has 0 bridgehead atoms. The standard InChI is InChI=1S/C7H10S.C2H6/c1-7(2)3-5-8-6-4-7;1-2/h3-6H,1-2H3;1-2H3. The highest BCUT2D eigenvalue weighted by molar-refractivity contribution is 8.04. The average molecular weight is 156 g/mol. The Morgan fingerprint density at radius 1 is 1.00 bits per heavy atom. The van der Waals surface area contributed by atoms with Crippen LogP contribution in [-0.2, 0) is 0 Å². The lowest BCUT2D eigenvalue weighted by Gasteiger charge is -2.16. The van der Waals surface area contributed by atoms with Gasteiger partial charge in [0.1, 0.15) is 0 Å². The van der Waals surface area contributed by atoms with Gasteiger partial charge in [-0.2, -0.15) is 0 Å². The second-order valence-electron chi connectivity index (χ2n) is 2.56. The van der Waals surface area contributed by atoms with Crippen molar-refractivity contribution < 1.29 is 0 Å². The van der Waals surface area contributed by atoms with Gasteiger partial charge in [0.2, 0.25) is 0 Å². The molecular weight excluding hydrogens is 140 g/mol. The quantitative estimate of drug-likeness (QED) is 0.514. The minimum atomic E-state index is 0.297. The van der Waals surface area contributed by atoms with E-state index in [1.807, 2.05) is 13.8 Å². The number of thioether (sulfide) groups is 1. The summed E-state index contributed by atoms with van der Waals surface area (Å²) >= 11 is 1.74. The molecule has 0 aromatic heterocycles. The Balaban J connectivity index is 0.000000371. The number of hydrogen-bond donors (Lipinski definition) is 0. The maximum absolute atomic E-state index is 2.21. The van der Waals surface area contributed by atoms with E-state index in [0.29, 0.717) is 5.41 Å². The molecule has 0 aliphatic carbocycles. The van der Waals surface area contributed by atoms with Crippen molar-refractivity contribution in [2.45, 2.75) is 27.7 Å². The largest absolute Gasteiger partial charge is 0.107 e. The molecule has 0 amide bonds. The van der Waals surface area contributed by atoms with Crippen LogP contribution in [0.1, 0.15) is 27.7 Å². The fourth-order valence-electron chi connectivity index (χ4n) is 0.530. The first-order valence-corrected chi connectivity index (χ1v) is 4.66. The second kappa shape index (κ2) is 4.62. The highest BCUT2D eigenvalue weighted by atomic mass is 32.2. The van der Waals surface area contributed by atoms with Crippen molar-refractivity contribution in [1.29, 1.82) is 0 Å². The van der Waals surface area contributed by atoms with E-state index in [1.54, 1.807) is 11.8 Å². The molecule has 0 atom stereocenters. The second-order valence-corrected chi connectivity index (χ2v) is 3.38. The smallest absolute Gasteiger partial charge is 0.00209 e. The molecular formula is C9H16S. The van der Waals surface area contributed by atoms with Crippen LogP contribution in [0.3, 0.4) is 0 Å². The summed E-state index contributed by atoms with van der Waals surface area (Å²) in [6.45, 7) is 8.39. The van der Waals surface area contributed by atoms with Crippen LogP contribution in [0.15, 0.2) is 23.0 Å². The lowest BCUT2D eigenvalue weighted by molar-refractivity contribution is 0.627. The molecule has 1 aliphatic rings. The van der Waals surface area contributed by atoms with Crippen LogP contribution in [0, 0.1) is 5.41 Å². The Bertz CT molecular complexity index is 118. The van der Waals surface area contributed by atoms with Crippen LogP contribution >= 0.6 is 11.8 Å². The van der Waals surface area contributed by atoms with Crippen LogP contribution in [0.5, 0.6) is 0 Å². The van der Waals surface area contributed by atoms with E-state index in [1.165, 1.54) is 0 Å². The maximum atomic E-state index is 2.21. The normalized spacial score (nSPS) is 19.6. The molecule has 1 rings (SSSR count). The molecule has 1 heterocycles. The van der Waals surface area contributed by atoms with E-state index < -0.39 is 0 Å². The molecule has 0 N–H and O–H groups in total. The third-order valence-corrected chi connectivity index (χ3v) is 1.74. The van der Waals surface area contributed by atoms with Crippen LogP contribution < -0.4 is 0 Å². The SMILES string of the molecule is CC.CC1(C)C=CSC=C1. The molecule has 58 valence electrons. The molecule has 1 heteroatoms. The lowest BCUT2D eigenvalue weighted by Crippen LogP contribution is -2.02. The number of rotatable bonds is 0. The number of hydrogen-bond acceptors (Lipinski definition) is 1. The molecule has 0 aromatic rings. The monoisotopic (exact) mass is 156 g/mol. The molecule has 0 saturated heterocycles. The Labute approximate surface area is 68.4 Å². The van der Waals surface area contributed by atoms with Crippen molar-refractivity contribution in [3.05, 3.63) is 23.0 Å². The first-order chi connectivity index (χ1) is 4.71. The maximum Gasteiger partial charge on any atom is 0.00209 e. The third-order valence-electron chi connectivity index (χ3n) is 1.15. The Hall–Kier alpha value is -0.170. The molecule has 0 radical (unpaired) electrons. The highest BCUT2D eigenvalue weighted by Gasteiger charge is 2.09. The van der Waals surface area contributed by atoms with Gasteiger partial charge in [0.15, 0.2) is 0 Å². The molecule has 0 nitrogen and oxygen atoms in total. The van der Waals surface area contributed by atoms with E-state index in [2.05, 4.69) is 36.8 Å². The summed E-state index contributed by atoms with van der Waals surface area (Å²) in [5, 5.41) is 4.25. The van der Waals surface area contributed by atoms with Gasteiger partial charge in [0.05, 0.1) is 0 Å². The summed E-state index contributed by atoms with van der Waals surface area (Å²) in [4.78, 5) is 0. The zero-order valence-corrected chi connectivity index (χ0v) is 8.03. The fraction of sp³-hybridized carbons (Fsp3) is 0.556. The van der Waals surface area contributed by atoms with Crippen LogP contribution in [0.4, 0.5) is 0 Å². The van der Waals surface area contributed by atoms with E-state index in [9.17, 15) is 0 Å². The fourth-order valence-corrected chi connectivity index (χ4v) is 1.48. The third kappa shape index (κ3) is 3.78. The predicted octanol–water partition coefficient (Wildman–Crippen LogP) is 3.81. The first-order valence-electron chi connectivity index (χ1n) is 3.72. The van der Waals surface area contributed by atoms with Gasteiger partial charge >= 0.3 is 0 Å². The van der Waals surface area contributed by atoms with Gasteiger partial charge in [-0.25, -0.2) is 0 Å². The van der Waals surface area contributed by atoms with E-state index in [0.717, 1.165) is 0 Å². The van der Waals surface area contributed by atoms with Gasteiger partial charge in [-0.05, 0) is 10.8 Å². The molecule has 0 aromatic carbocycles. The lowest BCUT2D eigenvalue weighted by atomic mass is 9.94. The molecule has 10 heavy (non-hydrogen) atoms. The van der Waals surface area contributed by atoms with Gasteiger partial charge in [0, 0.05) is 5.41 Å². The highest BCUT2D eigenvalue weighted by Crippen LogP contribution is 2.26. The van der Waals surface area contributed by atoms with Gasteiger partial charge in [-0.3, -0.25) is 0 Å². The molecule has 0 unspecified atom stereocenters. The van der Waals surface area contributed by atoms with Crippen molar-refractivity contribution >= 4 is 11.8 Å².